The Bertz CT molecular complexity index is 312. The Labute approximate surface area is 77.7 Å². The molecule has 0 aliphatic carbocycles. The molecule has 1 aromatic rings. The first-order valence-electron chi connectivity index (χ1n) is 4.33. The number of hydrogen-bond acceptors (Lipinski definition) is 3. The normalized spacial score (nSPS) is 19.4. The zero-order valence-electron chi connectivity index (χ0n) is 7.83. The van der Waals surface area contributed by atoms with E-state index in [-0.39, 0.29) is 0 Å². The van der Waals surface area contributed by atoms with Crippen molar-refractivity contribution < 1.29 is 9.47 Å². The lowest BCUT2D eigenvalue weighted by atomic mass is 10.1. The van der Waals surface area contributed by atoms with Gasteiger partial charge in [-0.25, -0.2) is 0 Å². The maximum absolute atomic E-state index is 5.48. The van der Waals surface area contributed by atoms with Crippen LogP contribution < -0.4 is 14.8 Å². The van der Waals surface area contributed by atoms with Gasteiger partial charge in [0.05, 0.1) is 13.2 Å². The number of methoxy groups -OCH3 is 1. The molecule has 0 aromatic heterocycles. The first kappa shape index (κ1) is 8.38. The number of benzene rings is 1. The summed E-state index contributed by atoms with van der Waals surface area (Å²) in [4.78, 5) is 0. The molecule has 0 amide bonds. The van der Waals surface area contributed by atoms with E-state index in [1.54, 1.807) is 7.11 Å². The highest BCUT2D eigenvalue weighted by Gasteiger charge is 2.22. The Morgan fingerprint density at radius 1 is 1.54 bits per heavy atom. The third-order valence-corrected chi connectivity index (χ3v) is 2.35. The van der Waals surface area contributed by atoms with E-state index in [1.807, 2.05) is 25.2 Å². The van der Waals surface area contributed by atoms with Crippen molar-refractivity contribution in [2.24, 2.45) is 0 Å². The van der Waals surface area contributed by atoms with Crippen LogP contribution in [0.5, 0.6) is 11.5 Å². The Balaban J connectivity index is 2.37. The van der Waals surface area contributed by atoms with Crippen LogP contribution in [-0.4, -0.2) is 20.8 Å². The van der Waals surface area contributed by atoms with Gasteiger partial charge in [-0.05, 0) is 25.2 Å². The lowest BCUT2D eigenvalue weighted by Gasteiger charge is -2.07. The maximum Gasteiger partial charge on any atom is 0.124 e. The fourth-order valence-electron chi connectivity index (χ4n) is 1.56. The van der Waals surface area contributed by atoms with Crippen LogP contribution in [0.1, 0.15) is 11.6 Å². The number of ether oxygens (including phenoxy) is 2. The molecule has 0 bridgehead atoms. The molecular formula is C10H13NO2. The Morgan fingerprint density at radius 2 is 2.38 bits per heavy atom. The van der Waals surface area contributed by atoms with E-state index in [2.05, 4.69) is 5.32 Å². The summed E-state index contributed by atoms with van der Waals surface area (Å²) in [6.45, 7) is 0.707. The summed E-state index contributed by atoms with van der Waals surface area (Å²) >= 11 is 0. The van der Waals surface area contributed by atoms with E-state index >= 15 is 0 Å². The summed E-state index contributed by atoms with van der Waals surface area (Å²) in [5, 5.41) is 3.19. The van der Waals surface area contributed by atoms with Crippen molar-refractivity contribution >= 4 is 0 Å². The standard InChI is InChI=1S/C10H13NO2/c1-11-9-6-13-10-4-3-7(12-2)5-8(9)10/h3-5,9,11H,6H2,1-2H3. The Kier molecular flexibility index (Phi) is 2.10. The minimum Gasteiger partial charge on any atom is -0.497 e. The average Bonchev–Trinajstić information content (AvgIpc) is 2.59. The molecule has 3 nitrogen and oxygen atoms in total. The molecule has 0 fully saturated rings. The molecule has 0 radical (unpaired) electrons. The Hall–Kier alpha value is -1.22. The van der Waals surface area contributed by atoms with Crippen LogP contribution in [0.15, 0.2) is 18.2 Å². The predicted octanol–water partition coefficient (Wildman–Crippen LogP) is 1.35. The minimum atomic E-state index is 0.296. The van der Waals surface area contributed by atoms with E-state index < -0.39 is 0 Å². The van der Waals surface area contributed by atoms with E-state index in [4.69, 9.17) is 9.47 Å². The van der Waals surface area contributed by atoms with E-state index in [1.165, 1.54) is 5.56 Å². The van der Waals surface area contributed by atoms with Gasteiger partial charge < -0.3 is 14.8 Å². The highest BCUT2D eigenvalue weighted by Crippen LogP contribution is 2.34. The highest BCUT2D eigenvalue weighted by molar-refractivity contribution is 5.44. The SMILES string of the molecule is CNC1COc2ccc(OC)cc21. The number of hydrogen-bond donors (Lipinski definition) is 1. The zero-order valence-corrected chi connectivity index (χ0v) is 7.83. The molecule has 1 unspecified atom stereocenters. The molecule has 0 saturated heterocycles. The van der Waals surface area contributed by atoms with Gasteiger partial charge in [-0.3, -0.25) is 0 Å². The molecule has 1 aliphatic rings. The lowest BCUT2D eigenvalue weighted by molar-refractivity contribution is 0.318. The first-order valence-corrected chi connectivity index (χ1v) is 4.33. The summed E-state index contributed by atoms with van der Waals surface area (Å²) in [7, 11) is 3.61. The number of nitrogens with one attached hydrogen (secondary N) is 1. The molecule has 2 rings (SSSR count). The second kappa shape index (κ2) is 3.26. The summed E-state index contributed by atoms with van der Waals surface area (Å²) in [5.74, 6) is 1.84. The quantitative estimate of drug-likeness (QED) is 0.743. The van der Waals surface area contributed by atoms with Crippen LogP contribution >= 0.6 is 0 Å². The number of fused-ring (bicyclic) bond motifs is 1. The molecule has 1 N–H and O–H groups in total. The van der Waals surface area contributed by atoms with Crippen molar-refractivity contribution in [2.75, 3.05) is 20.8 Å². The third kappa shape index (κ3) is 1.35. The van der Waals surface area contributed by atoms with Crippen molar-refractivity contribution in [3.63, 3.8) is 0 Å². The molecular weight excluding hydrogens is 166 g/mol. The monoisotopic (exact) mass is 179 g/mol. The van der Waals surface area contributed by atoms with Crippen LogP contribution in [0.4, 0.5) is 0 Å². The van der Waals surface area contributed by atoms with Crippen molar-refractivity contribution in [1.82, 2.24) is 5.32 Å². The lowest BCUT2D eigenvalue weighted by Crippen LogP contribution is -2.17. The topological polar surface area (TPSA) is 30.5 Å². The molecule has 1 aromatic carbocycles. The molecule has 0 saturated carbocycles. The molecule has 1 heterocycles. The third-order valence-electron chi connectivity index (χ3n) is 2.35. The van der Waals surface area contributed by atoms with Crippen LogP contribution in [0.2, 0.25) is 0 Å². The first-order chi connectivity index (χ1) is 6.35. The van der Waals surface area contributed by atoms with Crippen molar-refractivity contribution in [1.29, 1.82) is 0 Å². The molecule has 13 heavy (non-hydrogen) atoms. The highest BCUT2D eigenvalue weighted by atomic mass is 16.5. The largest absolute Gasteiger partial charge is 0.497 e. The van der Waals surface area contributed by atoms with Gasteiger partial charge in [0.2, 0.25) is 0 Å². The fraction of sp³-hybridized carbons (Fsp3) is 0.400. The van der Waals surface area contributed by atoms with Gasteiger partial charge in [-0.15, -0.1) is 0 Å². The summed E-state index contributed by atoms with van der Waals surface area (Å²) < 4.78 is 10.6. The van der Waals surface area contributed by atoms with Crippen LogP contribution in [0.25, 0.3) is 0 Å². The van der Waals surface area contributed by atoms with Gasteiger partial charge in [0.15, 0.2) is 0 Å². The second-order valence-corrected chi connectivity index (χ2v) is 3.06. The van der Waals surface area contributed by atoms with Gasteiger partial charge in [0, 0.05) is 5.56 Å². The number of rotatable bonds is 2. The van der Waals surface area contributed by atoms with Crippen LogP contribution in [-0.2, 0) is 0 Å². The maximum atomic E-state index is 5.48. The molecule has 3 heteroatoms. The minimum absolute atomic E-state index is 0.296. The average molecular weight is 179 g/mol. The smallest absolute Gasteiger partial charge is 0.124 e. The van der Waals surface area contributed by atoms with E-state index in [0.717, 1.165) is 11.5 Å². The Morgan fingerprint density at radius 3 is 3.08 bits per heavy atom. The van der Waals surface area contributed by atoms with Crippen LogP contribution in [0, 0.1) is 0 Å². The number of likely N-dealkylation sites (N-methyl/N-ethyl adjacent to an activating group) is 1. The van der Waals surface area contributed by atoms with Crippen LogP contribution in [0.3, 0.4) is 0 Å². The summed E-state index contributed by atoms with van der Waals surface area (Å²) in [5.41, 5.74) is 1.18. The summed E-state index contributed by atoms with van der Waals surface area (Å²) in [6, 6.07) is 6.18. The van der Waals surface area contributed by atoms with Gasteiger partial charge in [-0.1, -0.05) is 0 Å². The second-order valence-electron chi connectivity index (χ2n) is 3.06. The van der Waals surface area contributed by atoms with E-state index in [0.29, 0.717) is 12.6 Å². The molecule has 70 valence electrons. The summed E-state index contributed by atoms with van der Waals surface area (Å²) in [6.07, 6.45) is 0. The fourth-order valence-corrected chi connectivity index (χ4v) is 1.56. The van der Waals surface area contributed by atoms with Gasteiger partial charge in [0.1, 0.15) is 18.1 Å². The molecule has 1 atom stereocenters. The van der Waals surface area contributed by atoms with Gasteiger partial charge in [-0.2, -0.15) is 0 Å². The zero-order chi connectivity index (χ0) is 9.26. The molecule has 1 aliphatic heterocycles. The van der Waals surface area contributed by atoms with Crippen molar-refractivity contribution in [3.8, 4) is 11.5 Å². The van der Waals surface area contributed by atoms with Crippen molar-refractivity contribution in [3.05, 3.63) is 23.8 Å². The molecule has 0 spiro atoms. The van der Waals surface area contributed by atoms with E-state index in [9.17, 15) is 0 Å². The van der Waals surface area contributed by atoms with Gasteiger partial charge in [0.25, 0.3) is 0 Å². The van der Waals surface area contributed by atoms with Gasteiger partial charge >= 0.3 is 0 Å². The van der Waals surface area contributed by atoms with Crippen molar-refractivity contribution in [2.45, 2.75) is 6.04 Å². The predicted molar refractivity (Wildman–Crippen MR) is 50.3 cm³/mol.